The number of nitrogens with one attached hydrogen (secondary N) is 3. The van der Waals surface area contributed by atoms with Crippen LogP contribution in [-0.4, -0.2) is 38.6 Å². The molecule has 3 rings (SSSR count). The minimum atomic E-state index is -0.240. The molecular weight excluding hydrogens is 390 g/mol. The van der Waals surface area contributed by atoms with Crippen molar-refractivity contribution in [3.05, 3.63) is 34.5 Å². The maximum absolute atomic E-state index is 12.4. The molecule has 0 spiro atoms. The smallest absolute Gasteiger partial charge is 0.265 e. The number of rotatable bonds is 6. The summed E-state index contributed by atoms with van der Waals surface area (Å²) in [6.07, 6.45) is 0. The van der Waals surface area contributed by atoms with Crippen LogP contribution in [0.2, 0.25) is 0 Å². The summed E-state index contributed by atoms with van der Waals surface area (Å²) in [7, 11) is 1.79. The van der Waals surface area contributed by atoms with Gasteiger partial charge in [-0.1, -0.05) is 13.0 Å². The predicted molar refractivity (Wildman–Crippen MR) is 109 cm³/mol. The molecule has 3 N–H and O–H groups in total. The van der Waals surface area contributed by atoms with E-state index < -0.39 is 0 Å². The van der Waals surface area contributed by atoms with E-state index >= 15 is 0 Å². The summed E-state index contributed by atoms with van der Waals surface area (Å²) in [5.41, 5.74) is 0.949. The first kappa shape index (κ1) is 21.0. The number of benzene rings is 1. The Morgan fingerprint density at radius 3 is 2.33 bits per heavy atom. The van der Waals surface area contributed by atoms with Gasteiger partial charge in [0.1, 0.15) is 13.2 Å². The molecule has 1 aromatic heterocycles. The van der Waals surface area contributed by atoms with E-state index in [9.17, 15) is 9.59 Å². The molecule has 0 saturated carbocycles. The number of amides is 2. The zero-order valence-corrected chi connectivity index (χ0v) is 16.7. The Balaban J connectivity index is 0.00000261. The van der Waals surface area contributed by atoms with Crippen molar-refractivity contribution in [3.8, 4) is 11.5 Å². The van der Waals surface area contributed by atoms with Crippen molar-refractivity contribution >= 4 is 46.9 Å². The van der Waals surface area contributed by atoms with E-state index in [0.29, 0.717) is 47.5 Å². The first-order chi connectivity index (χ1) is 12.6. The van der Waals surface area contributed by atoms with Crippen molar-refractivity contribution in [3.63, 3.8) is 0 Å². The van der Waals surface area contributed by atoms with Crippen LogP contribution in [-0.2, 0) is 4.79 Å². The van der Waals surface area contributed by atoms with Crippen LogP contribution < -0.4 is 25.4 Å². The molecule has 2 amide bonds. The highest BCUT2D eigenvalue weighted by Crippen LogP contribution is 2.38. The minimum Gasteiger partial charge on any atom is -0.486 e. The third-order valence-electron chi connectivity index (χ3n) is 3.89. The fourth-order valence-corrected chi connectivity index (χ4v) is 3.16. The van der Waals surface area contributed by atoms with E-state index in [-0.39, 0.29) is 30.1 Å². The van der Waals surface area contributed by atoms with Crippen LogP contribution >= 0.6 is 23.7 Å². The molecule has 7 nitrogen and oxygen atoms in total. The van der Waals surface area contributed by atoms with Gasteiger partial charge in [-0.3, -0.25) is 9.59 Å². The lowest BCUT2D eigenvalue weighted by atomic mass is 10.1. The molecule has 146 valence electrons. The lowest BCUT2D eigenvalue weighted by Crippen LogP contribution is -2.29. The van der Waals surface area contributed by atoms with Gasteiger partial charge in [-0.2, -0.15) is 0 Å². The van der Waals surface area contributed by atoms with E-state index in [4.69, 9.17) is 9.47 Å². The average Bonchev–Trinajstić information content (AvgIpc) is 3.17. The van der Waals surface area contributed by atoms with Crippen LogP contribution in [0.3, 0.4) is 0 Å². The molecule has 1 unspecified atom stereocenters. The summed E-state index contributed by atoms with van der Waals surface area (Å²) in [5, 5.41) is 10.5. The second-order valence-corrected chi connectivity index (χ2v) is 6.87. The summed E-state index contributed by atoms with van der Waals surface area (Å²) in [6.45, 7) is 3.26. The van der Waals surface area contributed by atoms with Gasteiger partial charge < -0.3 is 25.4 Å². The Kier molecular flexibility index (Phi) is 7.46. The number of halogens is 1. The zero-order chi connectivity index (χ0) is 18.5. The molecule has 0 radical (unpaired) electrons. The van der Waals surface area contributed by atoms with Crippen LogP contribution in [0.25, 0.3) is 0 Å². The van der Waals surface area contributed by atoms with Gasteiger partial charge in [-0.05, 0) is 18.5 Å². The first-order valence-electron chi connectivity index (χ1n) is 8.32. The van der Waals surface area contributed by atoms with E-state index in [2.05, 4.69) is 16.0 Å². The lowest BCUT2D eigenvalue weighted by Gasteiger charge is -2.22. The zero-order valence-electron chi connectivity index (χ0n) is 15.0. The number of fused-ring (bicyclic) bond motifs is 1. The predicted octanol–water partition coefficient (Wildman–Crippen LogP) is 2.99. The van der Waals surface area contributed by atoms with Crippen LogP contribution in [0.15, 0.2) is 29.6 Å². The highest BCUT2D eigenvalue weighted by atomic mass is 35.5. The van der Waals surface area contributed by atoms with E-state index in [1.165, 1.54) is 11.3 Å². The highest BCUT2D eigenvalue weighted by molar-refractivity contribution is 7.12. The largest absolute Gasteiger partial charge is 0.486 e. The number of ether oxygens (including phenoxy) is 2. The standard InChI is InChI=1S/C18H21N3O4S.ClH/c1-11(10-19-2)17(22)20-12-8-14-15(25-6-5-24-14)9-13(12)21-18(23)16-4-3-7-26-16;/h3-4,7-9,11,19H,5-6,10H2,1-2H3,(H,20,22)(H,21,23);1H. The second-order valence-electron chi connectivity index (χ2n) is 5.92. The number of anilines is 2. The molecule has 9 heteroatoms. The van der Waals surface area contributed by atoms with Gasteiger partial charge in [0.15, 0.2) is 11.5 Å². The SMILES string of the molecule is CNCC(C)C(=O)Nc1cc2c(cc1NC(=O)c1cccs1)OCCO2.Cl. The molecule has 0 aliphatic carbocycles. The Labute approximate surface area is 167 Å². The fourth-order valence-electron chi connectivity index (χ4n) is 2.54. The third kappa shape index (κ3) is 5.12. The monoisotopic (exact) mass is 411 g/mol. The topological polar surface area (TPSA) is 88.7 Å². The van der Waals surface area contributed by atoms with Crippen molar-refractivity contribution in [1.29, 1.82) is 0 Å². The quantitative estimate of drug-likeness (QED) is 0.680. The minimum absolute atomic E-state index is 0. The van der Waals surface area contributed by atoms with E-state index in [1.807, 2.05) is 18.4 Å². The summed E-state index contributed by atoms with van der Waals surface area (Å²) in [5.74, 6) is 0.466. The number of hydrogen-bond acceptors (Lipinski definition) is 6. The number of carbonyl (C=O) groups excluding carboxylic acids is 2. The molecule has 1 atom stereocenters. The summed E-state index contributed by atoms with van der Waals surface area (Å²) in [6, 6.07) is 6.91. The van der Waals surface area contributed by atoms with Crippen molar-refractivity contribution < 1.29 is 19.1 Å². The average molecular weight is 412 g/mol. The lowest BCUT2D eigenvalue weighted by molar-refractivity contribution is -0.119. The molecule has 1 aliphatic rings. The number of hydrogen-bond donors (Lipinski definition) is 3. The van der Waals surface area contributed by atoms with E-state index in [1.54, 1.807) is 25.2 Å². The first-order valence-corrected chi connectivity index (χ1v) is 9.20. The normalized spacial score (nSPS) is 13.3. The number of carbonyl (C=O) groups is 2. The maximum atomic E-state index is 12.4. The fraction of sp³-hybridized carbons (Fsp3) is 0.333. The van der Waals surface area contributed by atoms with Crippen LogP contribution in [0.4, 0.5) is 11.4 Å². The highest BCUT2D eigenvalue weighted by Gasteiger charge is 2.21. The Morgan fingerprint density at radius 1 is 1.15 bits per heavy atom. The molecule has 1 aromatic carbocycles. The van der Waals surface area contributed by atoms with E-state index in [0.717, 1.165) is 0 Å². The third-order valence-corrected chi connectivity index (χ3v) is 4.76. The van der Waals surface area contributed by atoms with Crippen molar-refractivity contribution in [2.24, 2.45) is 5.92 Å². The number of thiophene rings is 1. The van der Waals surface area contributed by atoms with Gasteiger partial charge in [0.05, 0.1) is 16.3 Å². The van der Waals surface area contributed by atoms with Crippen LogP contribution in [0, 0.1) is 5.92 Å². The van der Waals surface area contributed by atoms with Gasteiger partial charge >= 0.3 is 0 Å². The molecule has 27 heavy (non-hydrogen) atoms. The maximum Gasteiger partial charge on any atom is 0.265 e. The Morgan fingerprint density at radius 2 is 1.78 bits per heavy atom. The molecule has 2 heterocycles. The molecular formula is C18H22ClN3O4S. The molecule has 0 saturated heterocycles. The van der Waals surface area contributed by atoms with Crippen molar-refractivity contribution in [1.82, 2.24) is 5.32 Å². The Hall–Kier alpha value is -2.29. The van der Waals surface area contributed by atoms with Crippen molar-refractivity contribution in [2.45, 2.75) is 6.92 Å². The molecule has 0 bridgehead atoms. The van der Waals surface area contributed by atoms with Gasteiger partial charge in [-0.25, -0.2) is 0 Å². The molecule has 1 aliphatic heterocycles. The van der Waals surface area contributed by atoms with Crippen molar-refractivity contribution in [2.75, 3.05) is 37.4 Å². The van der Waals surface area contributed by atoms with Crippen LogP contribution in [0.5, 0.6) is 11.5 Å². The van der Waals surface area contributed by atoms with Gasteiger partial charge in [-0.15, -0.1) is 23.7 Å². The van der Waals surface area contributed by atoms with Crippen LogP contribution in [0.1, 0.15) is 16.6 Å². The van der Waals surface area contributed by atoms with Gasteiger partial charge in [0, 0.05) is 24.6 Å². The molecule has 2 aromatic rings. The van der Waals surface area contributed by atoms with Gasteiger partial charge in [0.25, 0.3) is 5.91 Å². The second kappa shape index (κ2) is 9.59. The molecule has 0 fully saturated rings. The summed E-state index contributed by atoms with van der Waals surface area (Å²) in [4.78, 5) is 25.4. The van der Waals surface area contributed by atoms with Gasteiger partial charge in [0.2, 0.25) is 5.91 Å². The summed E-state index contributed by atoms with van der Waals surface area (Å²) >= 11 is 1.35. The Bertz CT molecular complexity index is 798. The summed E-state index contributed by atoms with van der Waals surface area (Å²) < 4.78 is 11.2.